The summed E-state index contributed by atoms with van der Waals surface area (Å²) in [6.45, 7) is 3.40. The molecule has 1 heterocycles. The lowest BCUT2D eigenvalue weighted by Crippen LogP contribution is -2.59. The number of allylic oxidation sites excluding steroid dienone is 6. The number of carbonyl (C=O) groups is 2. The molecule has 0 aliphatic carbocycles. The third kappa shape index (κ3) is 34.9. The fourth-order valence-electron chi connectivity index (χ4n) is 7.85. The van der Waals surface area contributed by atoms with Crippen molar-refractivity contribution in [2.75, 3.05) is 19.8 Å². The number of ether oxygens (including phenoxy) is 4. The van der Waals surface area contributed by atoms with E-state index in [4.69, 9.17) is 18.9 Å². The maximum Gasteiger partial charge on any atom is 0.306 e. The molecule has 1 aliphatic heterocycles. The quantitative estimate of drug-likeness (QED) is 0.0264. The van der Waals surface area contributed by atoms with Crippen LogP contribution in [0.5, 0.6) is 0 Å². The van der Waals surface area contributed by atoms with E-state index in [0.29, 0.717) is 12.8 Å². The number of aliphatic hydroxyl groups excluding tert-OH is 4. The molecular formula is C53H96O10. The van der Waals surface area contributed by atoms with Gasteiger partial charge in [0.2, 0.25) is 0 Å². The highest BCUT2D eigenvalue weighted by Gasteiger charge is 2.44. The van der Waals surface area contributed by atoms with Gasteiger partial charge in [-0.25, -0.2) is 0 Å². The Morgan fingerprint density at radius 2 is 0.873 bits per heavy atom. The normalized spacial score (nSPS) is 19.7. The topological polar surface area (TPSA) is 152 Å². The molecule has 0 spiro atoms. The first-order chi connectivity index (χ1) is 30.8. The molecule has 0 aromatic carbocycles. The Balaban J connectivity index is 2.26. The fraction of sp³-hybridized carbons (Fsp3) is 0.849. The predicted molar refractivity (Wildman–Crippen MR) is 256 cm³/mol. The molecule has 63 heavy (non-hydrogen) atoms. The summed E-state index contributed by atoms with van der Waals surface area (Å²) in [7, 11) is 0. The van der Waals surface area contributed by atoms with Gasteiger partial charge in [-0.2, -0.15) is 0 Å². The van der Waals surface area contributed by atoms with Gasteiger partial charge in [-0.3, -0.25) is 9.59 Å². The first-order valence-electron chi connectivity index (χ1n) is 26.1. The van der Waals surface area contributed by atoms with Crippen LogP contribution in [0.4, 0.5) is 0 Å². The smallest absolute Gasteiger partial charge is 0.306 e. The van der Waals surface area contributed by atoms with Gasteiger partial charge >= 0.3 is 11.9 Å². The largest absolute Gasteiger partial charge is 0.462 e. The molecule has 0 saturated carbocycles. The zero-order valence-electron chi connectivity index (χ0n) is 40.3. The van der Waals surface area contributed by atoms with Crippen molar-refractivity contribution in [3.8, 4) is 0 Å². The Kier molecular flexibility index (Phi) is 41.0. The number of carbonyl (C=O) groups excluding carboxylic acids is 2. The second-order valence-corrected chi connectivity index (χ2v) is 18.0. The van der Waals surface area contributed by atoms with Gasteiger partial charge in [-0.1, -0.05) is 185 Å². The Bertz CT molecular complexity index is 1120. The summed E-state index contributed by atoms with van der Waals surface area (Å²) in [5.74, 6) is -0.855. The van der Waals surface area contributed by atoms with E-state index < -0.39 is 55.4 Å². The van der Waals surface area contributed by atoms with Gasteiger partial charge in [0.05, 0.1) is 13.2 Å². The Labute approximate surface area is 385 Å². The van der Waals surface area contributed by atoms with Crippen LogP contribution in [0.2, 0.25) is 0 Å². The van der Waals surface area contributed by atoms with E-state index in [1.165, 1.54) is 141 Å². The van der Waals surface area contributed by atoms with Gasteiger partial charge < -0.3 is 39.4 Å². The molecule has 1 rings (SSSR count). The van der Waals surface area contributed by atoms with Crippen LogP contribution in [-0.2, 0) is 28.5 Å². The van der Waals surface area contributed by atoms with Crippen LogP contribution in [0.15, 0.2) is 36.5 Å². The van der Waals surface area contributed by atoms with Crippen LogP contribution in [0, 0.1) is 0 Å². The lowest BCUT2D eigenvalue weighted by Gasteiger charge is -2.39. The molecule has 10 heteroatoms. The van der Waals surface area contributed by atoms with E-state index in [2.05, 4.69) is 50.3 Å². The van der Waals surface area contributed by atoms with Crippen molar-refractivity contribution < 1.29 is 49.0 Å². The minimum atomic E-state index is -1.60. The maximum atomic E-state index is 12.8. The van der Waals surface area contributed by atoms with E-state index >= 15 is 0 Å². The number of hydrogen-bond donors (Lipinski definition) is 4. The Morgan fingerprint density at radius 3 is 1.35 bits per heavy atom. The molecule has 0 aromatic heterocycles. The van der Waals surface area contributed by atoms with Gasteiger partial charge in [-0.05, 0) is 70.6 Å². The van der Waals surface area contributed by atoms with E-state index in [0.717, 1.165) is 51.4 Å². The second kappa shape index (κ2) is 43.8. The summed E-state index contributed by atoms with van der Waals surface area (Å²) < 4.78 is 22.2. The lowest BCUT2D eigenvalue weighted by atomic mass is 9.99. The molecule has 1 fully saturated rings. The minimum Gasteiger partial charge on any atom is -0.462 e. The summed E-state index contributed by atoms with van der Waals surface area (Å²) in [5, 5.41) is 40.2. The van der Waals surface area contributed by atoms with Crippen molar-refractivity contribution in [3.63, 3.8) is 0 Å². The summed E-state index contributed by atoms with van der Waals surface area (Å²) in [5.41, 5.74) is 0. The summed E-state index contributed by atoms with van der Waals surface area (Å²) >= 11 is 0. The first kappa shape index (κ1) is 58.9. The molecule has 10 nitrogen and oxygen atoms in total. The summed E-state index contributed by atoms with van der Waals surface area (Å²) in [4.78, 5) is 25.4. The van der Waals surface area contributed by atoms with Crippen LogP contribution in [0.25, 0.3) is 0 Å². The minimum absolute atomic E-state index is 0.216. The van der Waals surface area contributed by atoms with Crippen molar-refractivity contribution in [1.29, 1.82) is 0 Å². The van der Waals surface area contributed by atoms with E-state index in [-0.39, 0.29) is 26.1 Å². The van der Waals surface area contributed by atoms with Crippen LogP contribution in [-0.4, -0.2) is 89.0 Å². The summed E-state index contributed by atoms with van der Waals surface area (Å²) in [6.07, 6.45) is 44.5. The third-order valence-electron chi connectivity index (χ3n) is 12.0. The molecule has 0 bridgehead atoms. The third-order valence-corrected chi connectivity index (χ3v) is 12.0. The van der Waals surface area contributed by atoms with E-state index in [1.807, 2.05) is 0 Å². The lowest BCUT2D eigenvalue weighted by molar-refractivity contribution is -0.305. The highest BCUT2D eigenvalue weighted by Crippen LogP contribution is 2.23. The Hall–Kier alpha value is -2.08. The van der Waals surface area contributed by atoms with Gasteiger partial charge in [0.1, 0.15) is 31.0 Å². The zero-order valence-corrected chi connectivity index (χ0v) is 40.3. The number of hydrogen-bond acceptors (Lipinski definition) is 10. The highest BCUT2D eigenvalue weighted by molar-refractivity contribution is 5.70. The molecule has 2 unspecified atom stereocenters. The van der Waals surface area contributed by atoms with E-state index in [9.17, 15) is 30.0 Å². The second-order valence-electron chi connectivity index (χ2n) is 18.0. The van der Waals surface area contributed by atoms with Crippen molar-refractivity contribution >= 4 is 11.9 Å². The molecule has 6 atom stereocenters. The van der Waals surface area contributed by atoms with Crippen molar-refractivity contribution in [2.45, 2.75) is 269 Å². The van der Waals surface area contributed by atoms with Gasteiger partial charge in [0.15, 0.2) is 12.4 Å². The van der Waals surface area contributed by atoms with Gasteiger partial charge in [0, 0.05) is 12.8 Å². The van der Waals surface area contributed by atoms with Crippen molar-refractivity contribution in [3.05, 3.63) is 36.5 Å². The molecule has 368 valence electrons. The fourth-order valence-corrected chi connectivity index (χ4v) is 7.85. The van der Waals surface area contributed by atoms with Gasteiger partial charge in [0.25, 0.3) is 0 Å². The van der Waals surface area contributed by atoms with Gasteiger partial charge in [-0.15, -0.1) is 0 Å². The average Bonchev–Trinajstić information content (AvgIpc) is 3.28. The maximum absolute atomic E-state index is 12.8. The Morgan fingerprint density at radius 1 is 0.476 bits per heavy atom. The predicted octanol–water partition coefficient (Wildman–Crippen LogP) is 12.2. The van der Waals surface area contributed by atoms with Crippen molar-refractivity contribution in [2.24, 2.45) is 0 Å². The first-order valence-corrected chi connectivity index (χ1v) is 26.1. The number of esters is 2. The number of rotatable bonds is 44. The molecule has 0 amide bonds. The van der Waals surface area contributed by atoms with Crippen LogP contribution in [0.3, 0.4) is 0 Å². The number of unbranched alkanes of at least 4 members (excludes halogenated alkanes) is 27. The molecule has 1 aliphatic rings. The van der Waals surface area contributed by atoms with Crippen LogP contribution >= 0.6 is 0 Å². The standard InChI is InChI=1S/C53H96O10/c1-3-5-7-9-11-13-15-17-19-20-21-22-23-24-25-26-28-29-31-33-35-37-39-41-48(55)60-44-46(45-61-53-52(59)51(58)50(57)47(43-54)63-53)62-49(56)42-40-38-36-34-32-30-27-18-16-14-12-10-8-6-4-2/h14,16,26,28,33,35,46-47,50-54,57-59H,3-13,15,17-25,27,29-32,34,36-45H2,1-2H3/b16-14+,28-26+,35-33+/t46-,47-,50+,51?,52?,53-/m0/s1. The molecular weight excluding hydrogens is 797 g/mol. The number of aliphatic hydroxyl groups is 4. The SMILES string of the molecule is CCCCCC/C=C/CCCCCCCCCC(=O)O[C@@H](COC(=O)CCC/C=C/CC/C=C/CCCCCCCCCCCCCCCC)CO[C@H]1O[C@@H](CO)[C@@H](O)C(O)C1O. The van der Waals surface area contributed by atoms with Crippen molar-refractivity contribution in [1.82, 2.24) is 0 Å². The molecule has 4 N–H and O–H groups in total. The van der Waals surface area contributed by atoms with E-state index in [1.54, 1.807) is 0 Å². The molecule has 1 saturated heterocycles. The van der Waals surface area contributed by atoms with Crippen LogP contribution in [0.1, 0.15) is 232 Å². The van der Waals surface area contributed by atoms with Crippen LogP contribution < -0.4 is 0 Å². The highest BCUT2D eigenvalue weighted by atomic mass is 16.7. The zero-order chi connectivity index (χ0) is 45.9. The molecule has 0 radical (unpaired) electrons. The molecule has 0 aromatic rings. The monoisotopic (exact) mass is 893 g/mol. The summed E-state index contributed by atoms with van der Waals surface area (Å²) in [6, 6.07) is 0. The average molecular weight is 893 g/mol.